The van der Waals surface area contributed by atoms with E-state index in [1.807, 2.05) is 13.8 Å². The molecule has 0 atom stereocenters. The van der Waals surface area contributed by atoms with Crippen molar-refractivity contribution < 1.29 is 13.6 Å². The molecule has 1 aromatic rings. The molecular formula is C11H20ClN5O3S. The van der Waals surface area contributed by atoms with Crippen LogP contribution in [-0.2, 0) is 17.1 Å². The van der Waals surface area contributed by atoms with Crippen molar-refractivity contribution in [2.75, 3.05) is 13.1 Å². The smallest absolute Gasteiger partial charge is 0.261 e. The van der Waals surface area contributed by atoms with Crippen LogP contribution in [0.1, 0.15) is 20.3 Å². The van der Waals surface area contributed by atoms with Gasteiger partial charge in [0.05, 0.1) is 11.2 Å². The Morgan fingerprint density at radius 3 is 2.67 bits per heavy atom. The van der Waals surface area contributed by atoms with E-state index in [9.17, 15) is 8.42 Å². The molecule has 0 aliphatic carbocycles. The first-order valence-electron chi connectivity index (χ1n) is 6.34. The number of hydrogen-bond acceptors (Lipinski definition) is 5. The third-order valence-corrected chi connectivity index (χ3v) is 5.11. The lowest BCUT2D eigenvalue weighted by molar-refractivity contribution is 0.314. The van der Waals surface area contributed by atoms with Gasteiger partial charge in [0.2, 0.25) is 0 Å². The van der Waals surface area contributed by atoms with E-state index in [1.165, 1.54) is 22.2 Å². The molecule has 0 aliphatic heterocycles. The summed E-state index contributed by atoms with van der Waals surface area (Å²) in [6, 6.07) is 0. The number of nitrogens with zero attached hydrogens (tertiary/aromatic N) is 4. The average molecular weight is 338 g/mol. The van der Waals surface area contributed by atoms with Crippen LogP contribution in [0.2, 0.25) is 5.02 Å². The first kappa shape index (κ1) is 17.7. The summed E-state index contributed by atoms with van der Waals surface area (Å²) in [5, 5.41) is 15.3. The lowest BCUT2D eigenvalue weighted by Crippen LogP contribution is -2.37. The molecule has 0 fully saturated rings. The highest BCUT2D eigenvalue weighted by atomic mass is 35.5. The van der Waals surface area contributed by atoms with Crippen molar-refractivity contribution in [3.05, 3.63) is 11.2 Å². The summed E-state index contributed by atoms with van der Waals surface area (Å²) in [7, 11) is -2.30. The van der Waals surface area contributed by atoms with Gasteiger partial charge in [0, 0.05) is 26.6 Å². The average Bonchev–Trinajstić information content (AvgIpc) is 2.73. The molecule has 0 saturated heterocycles. The maximum Gasteiger partial charge on any atom is 0.261 e. The fourth-order valence-electron chi connectivity index (χ4n) is 1.82. The summed E-state index contributed by atoms with van der Waals surface area (Å²) in [5.74, 6) is 0.0779. The van der Waals surface area contributed by atoms with E-state index in [1.54, 1.807) is 0 Å². The Morgan fingerprint density at radius 1 is 1.62 bits per heavy atom. The van der Waals surface area contributed by atoms with E-state index >= 15 is 0 Å². The third kappa shape index (κ3) is 4.32. The van der Waals surface area contributed by atoms with Crippen LogP contribution < -0.4 is 5.73 Å². The SMILES string of the molecule is CC(C)CN(CCC(N)=NO)S(=O)(=O)c1c(Cl)cnn1C. The van der Waals surface area contributed by atoms with E-state index in [4.69, 9.17) is 22.5 Å². The summed E-state index contributed by atoms with van der Waals surface area (Å²) in [4.78, 5) is 0. The van der Waals surface area contributed by atoms with Crippen molar-refractivity contribution >= 4 is 27.5 Å². The summed E-state index contributed by atoms with van der Waals surface area (Å²) in [6.07, 6.45) is 1.41. The molecule has 0 aromatic carbocycles. The Bertz CT molecular complexity index is 592. The molecule has 21 heavy (non-hydrogen) atoms. The fraction of sp³-hybridized carbons (Fsp3) is 0.636. The number of halogens is 1. The summed E-state index contributed by atoms with van der Waals surface area (Å²) in [5.41, 5.74) is 5.41. The van der Waals surface area contributed by atoms with Gasteiger partial charge in [0.1, 0.15) is 5.84 Å². The first-order chi connectivity index (χ1) is 9.70. The van der Waals surface area contributed by atoms with Gasteiger partial charge in [0.25, 0.3) is 10.0 Å². The summed E-state index contributed by atoms with van der Waals surface area (Å²) >= 11 is 5.92. The molecule has 1 aromatic heterocycles. The Kier molecular flexibility index (Phi) is 5.99. The van der Waals surface area contributed by atoms with Crippen molar-refractivity contribution in [3.8, 4) is 0 Å². The van der Waals surface area contributed by atoms with E-state index in [2.05, 4.69) is 10.3 Å². The van der Waals surface area contributed by atoms with Crippen molar-refractivity contribution in [2.24, 2.45) is 23.9 Å². The van der Waals surface area contributed by atoms with Gasteiger partial charge in [0.15, 0.2) is 5.03 Å². The second-order valence-corrected chi connectivity index (χ2v) is 7.28. The van der Waals surface area contributed by atoms with Crippen LogP contribution in [0.4, 0.5) is 0 Å². The Balaban J connectivity index is 3.12. The summed E-state index contributed by atoms with van der Waals surface area (Å²) < 4.78 is 27.9. The monoisotopic (exact) mass is 337 g/mol. The van der Waals surface area contributed by atoms with Gasteiger partial charge in [-0.1, -0.05) is 30.6 Å². The van der Waals surface area contributed by atoms with Gasteiger partial charge >= 0.3 is 0 Å². The number of hydrogen-bond donors (Lipinski definition) is 2. The maximum absolute atomic E-state index is 12.7. The Labute approximate surface area is 129 Å². The Morgan fingerprint density at radius 2 is 2.24 bits per heavy atom. The van der Waals surface area contributed by atoms with Gasteiger partial charge in [-0.3, -0.25) is 4.68 Å². The highest BCUT2D eigenvalue weighted by molar-refractivity contribution is 7.89. The highest BCUT2D eigenvalue weighted by Crippen LogP contribution is 2.24. The minimum absolute atomic E-state index is 0.0324. The molecule has 1 heterocycles. The van der Waals surface area contributed by atoms with Crippen LogP contribution in [0.15, 0.2) is 16.4 Å². The van der Waals surface area contributed by atoms with Crippen LogP contribution in [-0.4, -0.2) is 46.6 Å². The molecule has 1 rings (SSSR count). The topological polar surface area (TPSA) is 114 Å². The van der Waals surface area contributed by atoms with Crippen LogP contribution in [0.3, 0.4) is 0 Å². The standard InChI is InChI=1S/C11H20ClN5O3S/c1-8(2)7-17(5-4-10(13)15-18)21(19,20)11-9(12)6-14-16(11)3/h6,8,18H,4-5,7H2,1-3H3,(H2,13,15). The van der Waals surface area contributed by atoms with Crippen molar-refractivity contribution in [1.82, 2.24) is 14.1 Å². The maximum atomic E-state index is 12.7. The van der Waals surface area contributed by atoms with Crippen molar-refractivity contribution in [2.45, 2.75) is 25.3 Å². The molecule has 3 N–H and O–H groups in total. The number of oxime groups is 1. The number of aromatic nitrogens is 2. The molecule has 120 valence electrons. The zero-order valence-corrected chi connectivity index (χ0v) is 13.8. The van der Waals surface area contributed by atoms with Crippen LogP contribution in [0, 0.1) is 5.92 Å². The minimum Gasteiger partial charge on any atom is -0.409 e. The molecule has 8 nitrogen and oxygen atoms in total. The quantitative estimate of drug-likeness (QED) is 0.331. The zero-order chi connectivity index (χ0) is 16.2. The second kappa shape index (κ2) is 7.10. The summed E-state index contributed by atoms with van der Waals surface area (Å²) in [6.45, 7) is 4.19. The normalized spacial score (nSPS) is 13.3. The van der Waals surface area contributed by atoms with Crippen LogP contribution >= 0.6 is 11.6 Å². The first-order valence-corrected chi connectivity index (χ1v) is 8.16. The predicted molar refractivity (Wildman–Crippen MR) is 79.8 cm³/mol. The molecular weight excluding hydrogens is 318 g/mol. The molecule has 0 saturated carbocycles. The number of nitrogens with two attached hydrogens (primary N) is 1. The zero-order valence-electron chi connectivity index (χ0n) is 12.2. The number of amidine groups is 1. The minimum atomic E-state index is -3.81. The second-order valence-electron chi connectivity index (χ2n) is 5.02. The van der Waals surface area contributed by atoms with Gasteiger partial charge in [-0.05, 0) is 5.92 Å². The number of aryl methyl sites for hydroxylation is 1. The van der Waals surface area contributed by atoms with Crippen molar-refractivity contribution in [1.29, 1.82) is 0 Å². The molecule has 0 amide bonds. The van der Waals surface area contributed by atoms with Crippen molar-refractivity contribution in [3.63, 3.8) is 0 Å². The lowest BCUT2D eigenvalue weighted by atomic mass is 10.2. The lowest BCUT2D eigenvalue weighted by Gasteiger charge is -2.23. The molecule has 0 aliphatic rings. The van der Waals surface area contributed by atoms with Gasteiger partial charge < -0.3 is 10.9 Å². The molecule has 0 radical (unpaired) electrons. The van der Waals surface area contributed by atoms with E-state index in [0.29, 0.717) is 6.54 Å². The predicted octanol–water partition coefficient (Wildman–Crippen LogP) is 0.857. The van der Waals surface area contributed by atoms with E-state index in [-0.39, 0.29) is 34.8 Å². The number of rotatable bonds is 7. The number of sulfonamides is 1. The van der Waals surface area contributed by atoms with E-state index in [0.717, 1.165) is 0 Å². The highest BCUT2D eigenvalue weighted by Gasteiger charge is 2.30. The molecule has 0 unspecified atom stereocenters. The third-order valence-electron chi connectivity index (χ3n) is 2.74. The largest absolute Gasteiger partial charge is 0.409 e. The van der Waals surface area contributed by atoms with Crippen LogP contribution in [0.25, 0.3) is 0 Å². The van der Waals surface area contributed by atoms with Crippen LogP contribution in [0.5, 0.6) is 0 Å². The van der Waals surface area contributed by atoms with Gasteiger partial charge in [-0.15, -0.1) is 0 Å². The molecule has 0 bridgehead atoms. The van der Waals surface area contributed by atoms with Gasteiger partial charge in [-0.2, -0.15) is 9.40 Å². The fourth-order valence-corrected chi connectivity index (χ4v) is 4.03. The molecule has 10 heteroatoms. The van der Waals surface area contributed by atoms with E-state index < -0.39 is 10.0 Å². The Hall–Kier alpha value is -1.32. The van der Waals surface area contributed by atoms with Gasteiger partial charge in [-0.25, -0.2) is 8.42 Å². The molecule has 0 spiro atoms.